The molecule has 0 saturated carbocycles. The highest BCUT2D eigenvalue weighted by Crippen LogP contribution is 2.09. The van der Waals surface area contributed by atoms with E-state index in [0.29, 0.717) is 18.3 Å². The average Bonchev–Trinajstić information content (AvgIpc) is 2.42. The van der Waals surface area contributed by atoms with Gasteiger partial charge in [-0.1, -0.05) is 44.2 Å². The number of aryl methyl sites for hydroxylation is 1. The molecule has 0 aliphatic carbocycles. The van der Waals surface area contributed by atoms with E-state index in [9.17, 15) is 4.79 Å². The third kappa shape index (κ3) is 3.70. The number of rotatable bonds is 5. The third-order valence-corrected chi connectivity index (χ3v) is 3.12. The van der Waals surface area contributed by atoms with E-state index in [2.05, 4.69) is 29.1 Å². The lowest BCUT2D eigenvalue weighted by atomic mass is 10.1. The van der Waals surface area contributed by atoms with Crippen molar-refractivity contribution in [2.45, 2.75) is 27.2 Å². The van der Waals surface area contributed by atoms with E-state index in [0.717, 1.165) is 23.4 Å². The van der Waals surface area contributed by atoms with E-state index < -0.39 is 0 Å². The van der Waals surface area contributed by atoms with E-state index in [1.807, 2.05) is 37.3 Å². The first-order valence-electron chi connectivity index (χ1n) is 6.94. The predicted octanol–water partition coefficient (Wildman–Crippen LogP) is 2.74. The molecule has 0 saturated heterocycles. The van der Waals surface area contributed by atoms with Gasteiger partial charge in [0.1, 0.15) is 0 Å². The molecule has 2 N–H and O–H groups in total. The van der Waals surface area contributed by atoms with Crippen LogP contribution in [0.1, 0.15) is 30.7 Å². The molecule has 0 unspecified atom stereocenters. The van der Waals surface area contributed by atoms with Crippen LogP contribution < -0.4 is 10.9 Å². The number of aromatic amines is 1. The van der Waals surface area contributed by atoms with Crippen molar-refractivity contribution >= 4 is 5.95 Å². The predicted molar refractivity (Wildman–Crippen MR) is 82.2 cm³/mol. The van der Waals surface area contributed by atoms with Gasteiger partial charge in [0, 0.05) is 18.5 Å². The van der Waals surface area contributed by atoms with E-state index >= 15 is 0 Å². The van der Waals surface area contributed by atoms with Crippen molar-refractivity contribution in [1.29, 1.82) is 0 Å². The van der Waals surface area contributed by atoms with Gasteiger partial charge in [0.15, 0.2) is 0 Å². The van der Waals surface area contributed by atoms with Crippen LogP contribution in [0.15, 0.2) is 35.1 Å². The second-order valence-electron chi connectivity index (χ2n) is 5.42. The van der Waals surface area contributed by atoms with Gasteiger partial charge in [0.2, 0.25) is 5.95 Å². The zero-order chi connectivity index (χ0) is 14.5. The second-order valence-corrected chi connectivity index (χ2v) is 5.42. The highest BCUT2D eigenvalue weighted by atomic mass is 16.1. The Morgan fingerprint density at radius 2 is 1.95 bits per heavy atom. The van der Waals surface area contributed by atoms with Crippen LogP contribution in [-0.4, -0.2) is 16.5 Å². The molecule has 4 nitrogen and oxygen atoms in total. The van der Waals surface area contributed by atoms with Gasteiger partial charge < -0.3 is 5.32 Å². The highest BCUT2D eigenvalue weighted by molar-refractivity contribution is 5.32. The molecule has 2 rings (SSSR count). The largest absolute Gasteiger partial charge is 0.355 e. The first kappa shape index (κ1) is 14.3. The maximum absolute atomic E-state index is 12.2. The number of nitrogens with zero attached hydrogens (tertiary/aromatic N) is 1. The molecule has 0 fully saturated rings. The van der Waals surface area contributed by atoms with Crippen LogP contribution in [0, 0.1) is 12.8 Å². The Labute approximate surface area is 119 Å². The standard InChI is InChI=1S/C16H21N3O/c1-11(2)10-17-16-18-12(3)14(15(20)19-16)9-13-7-5-4-6-8-13/h4-8,11H,9-10H2,1-3H3,(H2,17,18,19,20). The summed E-state index contributed by atoms with van der Waals surface area (Å²) in [5, 5.41) is 3.15. The topological polar surface area (TPSA) is 57.8 Å². The molecule has 0 bridgehead atoms. The van der Waals surface area contributed by atoms with Crippen molar-refractivity contribution in [2.75, 3.05) is 11.9 Å². The normalized spacial score (nSPS) is 10.8. The fourth-order valence-electron chi connectivity index (χ4n) is 2.00. The maximum atomic E-state index is 12.2. The number of anilines is 1. The molecular formula is C16H21N3O. The first-order chi connectivity index (χ1) is 9.56. The molecule has 0 spiro atoms. The molecule has 0 aliphatic heterocycles. The number of benzene rings is 1. The molecule has 0 aliphatic rings. The summed E-state index contributed by atoms with van der Waals surface area (Å²) in [6, 6.07) is 9.96. The van der Waals surface area contributed by atoms with Crippen LogP contribution >= 0.6 is 0 Å². The Morgan fingerprint density at radius 1 is 1.25 bits per heavy atom. The van der Waals surface area contributed by atoms with Gasteiger partial charge >= 0.3 is 0 Å². The fourth-order valence-corrected chi connectivity index (χ4v) is 2.00. The molecule has 4 heteroatoms. The smallest absolute Gasteiger partial charge is 0.256 e. The molecule has 1 aromatic heterocycles. The quantitative estimate of drug-likeness (QED) is 0.879. The van der Waals surface area contributed by atoms with Crippen molar-refractivity contribution in [3.63, 3.8) is 0 Å². The molecule has 0 amide bonds. The van der Waals surface area contributed by atoms with Crippen LogP contribution in [0.2, 0.25) is 0 Å². The lowest BCUT2D eigenvalue weighted by Gasteiger charge is -2.10. The average molecular weight is 271 g/mol. The summed E-state index contributed by atoms with van der Waals surface area (Å²) in [4.78, 5) is 19.4. The zero-order valence-electron chi connectivity index (χ0n) is 12.2. The molecule has 0 radical (unpaired) electrons. The Kier molecular flexibility index (Phi) is 4.56. The highest BCUT2D eigenvalue weighted by Gasteiger charge is 2.09. The molecule has 2 aromatic rings. The van der Waals surface area contributed by atoms with Crippen molar-refractivity contribution in [3.05, 3.63) is 57.5 Å². The molecule has 20 heavy (non-hydrogen) atoms. The van der Waals surface area contributed by atoms with Crippen LogP contribution in [0.5, 0.6) is 0 Å². The molecule has 106 valence electrons. The molecular weight excluding hydrogens is 250 g/mol. The number of nitrogens with one attached hydrogen (secondary N) is 2. The lowest BCUT2D eigenvalue weighted by molar-refractivity contribution is 0.683. The zero-order valence-corrected chi connectivity index (χ0v) is 12.2. The van der Waals surface area contributed by atoms with Crippen LogP contribution in [0.4, 0.5) is 5.95 Å². The van der Waals surface area contributed by atoms with E-state index in [1.54, 1.807) is 0 Å². The first-order valence-corrected chi connectivity index (χ1v) is 6.94. The van der Waals surface area contributed by atoms with E-state index in [4.69, 9.17) is 0 Å². The minimum atomic E-state index is -0.0624. The summed E-state index contributed by atoms with van der Waals surface area (Å²) in [6.07, 6.45) is 0.611. The summed E-state index contributed by atoms with van der Waals surface area (Å²) in [5.74, 6) is 1.06. The van der Waals surface area contributed by atoms with Gasteiger partial charge in [-0.2, -0.15) is 0 Å². The molecule has 1 heterocycles. The summed E-state index contributed by atoms with van der Waals surface area (Å²) in [6.45, 7) is 6.90. The van der Waals surface area contributed by atoms with Crippen LogP contribution in [0.3, 0.4) is 0 Å². The van der Waals surface area contributed by atoms with Gasteiger partial charge in [-0.15, -0.1) is 0 Å². The van der Waals surface area contributed by atoms with E-state index in [-0.39, 0.29) is 5.56 Å². The summed E-state index contributed by atoms with van der Waals surface area (Å²) >= 11 is 0. The van der Waals surface area contributed by atoms with Crippen LogP contribution in [0.25, 0.3) is 0 Å². The summed E-state index contributed by atoms with van der Waals surface area (Å²) < 4.78 is 0. The van der Waals surface area contributed by atoms with Gasteiger partial charge in [-0.25, -0.2) is 4.98 Å². The van der Waals surface area contributed by atoms with E-state index in [1.165, 1.54) is 0 Å². The van der Waals surface area contributed by atoms with Crippen molar-refractivity contribution in [3.8, 4) is 0 Å². The van der Waals surface area contributed by atoms with Crippen molar-refractivity contribution < 1.29 is 0 Å². The monoisotopic (exact) mass is 271 g/mol. The maximum Gasteiger partial charge on any atom is 0.256 e. The number of hydrogen-bond acceptors (Lipinski definition) is 3. The van der Waals surface area contributed by atoms with Gasteiger partial charge in [-0.05, 0) is 18.4 Å². The number of H-pyrrole nitrogens is 1. The lowest BCUT2D eigenvalue weighted by Crippen LogP contribution is -2.21. The Bertz CT molecular complexity index is 617. The fraction of sp³-hybridized carbons (Fsp3) is 0.375. The van der Waals surface area contributed by atoms with Gasteiger partial charge in [0.25, 0.3) is 5.56 Å². The molecule has 1 aromatic carbocycles. The third-order valence-electron chi connectivity index (χ3n) is 3.12. The second kappa shape index (κ2) is 6.37. The number of hydrogen-bond donors (Lipinski definition) is 2. The Morgan fingerprint density at radius 3 is 2.55 bits per heavy atom. The van der Waals surface area contributed by atoms with Gasteiger partial charge in [-0.3, -0.25) is 9.78 Å². The van der Waals surface area contributed by atoms with Crippen molar-refractivity contribution in [2.24, 2.45) is 5.92 Å². The van der Waals surface area contributed by atoms with Crippen molar-refractivity contribution in [1.82, 2.24) is 9.97 Å². The van der Waals surface area contributed by atoms with Crippen LogP contribution in [-0.2, 0) is 6.42 Å². The molecule has 0 atom stereocenters. The minimum Gasteiger partial charge on any atom is -0.355 e. The summed E-state index contributed by atoms with van der Waals surface area (Å²) in [5.41, 5.74) is 2.56. The minimum absolute atomic E-state index is 0.0624. The Hall–Kier alpha value is -2.10. The SMILES string of the molecule is Cc1nc(NCC(C)C)[nH]c(=O)c1Cc1ccccc1. The Balaban J connectivity index is 2.21. The van der Waals surface area contributed by atoms with Gasteiger partial charge in [0.05, 0.1) is 5.69 Å². The number of aromatic nitrogens is 2. The summed E-state index contributed by atoms with van der Waals surface area (Å²) in [7, 11) is 0.